The van der Waals surface area contributed by atoms with E-state index in [1.54, 1.807) is 0 Å². The van der Waals surface area contributed by atoms with Crippen molar-refractivity contribution < 1.29 is 4.74 Å². The van der Waals surface area contributed by atoms with Crippen molar-refractivity contribution >= 4 is 75.9 Å². The van der Waals surface area contributed by atoms with Gasteiger partial charge in [-0.25, -0.2) is 0 Å². The second-order valence-electron chi connectivity index (χ2n) is 14.5. The summed E-state index contributed by atoms with van der Waals surface area (Å²) in [5.41, 5.74) is 9.09. The van der Waals surface area contributed by atoms with Crippen molar-refractivity contribution in [3.05, 3.63) is 194 Å². The molecule has 0 atom stereocenters. The predicted octanol–water partition coefficient (Wildman–Crippen LogP) is 14.2. The van der Waals surface area contributed by atoms with Crippen LogP contribution in [0.1, 0.15) is 0 Å². The predicted molar refractivity (Wildman–Crippen MR) is 231 cm³/mol. The van der Waals surface area contributed by atoms with Gasteiger partial charge in [0.25, 0.3) is 0 Å². The Morgan fingerprint density at radius 3 is 1.49 bits per heavy atom. The van der Waals surface area contributed by atoms with Crippen molar-refractivity contribution in [1.82, 2.24) is 9.13 Å². The standard InChI is InChI=1S/C52H32N2O/c1-2-11-33(12-3-1)37-24-27-49-45(29-37)43-17-6-9-20-48(43)54(49)39-30-38(53-46-18-7-4-15-41(46)42-16-5-8-19-47(42)53)31-40(32-39)55-50-28-25-36-22-21-34-13-10-14-35-23-26-44(50)52(36)51(34)35/h1-32H. The molecule has 0 N–H and O–H groups in total. The normalized spacial score (nSPS) is 12.0. The smallest absolute Gasteiger partial charge is 0.135 e. The summed E-state index contributed by atoms with van der Waals surface area (Å²) in [6, 6.07) is 70.0. The second kappa shape index (κ2) is 11.6. The Kier molecular flexibility index (Phi) is 6.34. The monoisotopic (exact) mass is 700 g/mol. The van der Waals surface area contributed by atoms with E-state index in [1.807, 2.05) is 0 Å². The summed E-state index contributed by atoms with van der Waals surface area (Å²) >= 11 is 0. The van der Waals surface area contributed by atoms with Crippen molar-refractivity contribution in [1.29, 1.82) is 0 Å². The van der Waals surface area contributed by atoms with E-state index in [0.29, 0.717) is 0 Å². The number of nitrogens with zero attached hydrogens (tertiary/aromatic N) is 2. The molecule has 0 aliphatic carbocycles. The van der Waals surface area contributed by atoms with Crippen LogP contribution in [0.4, 0.5) is 0 Å². The van der Waals surface area contributed by atoms with Crippen molar-refractivity contribution in [3.63, 3.8) is 0 Å². The molecule has 0 unspecified atom stereocenters. The average molecular weight is 701 g/mol. The van der Waals surface area contributed by atoms with Crippen LogP contribution < -0.4 is 4.74 Å². The fourth-order valence-corrected chi connectivity index (χ4v) is 9.07. The Bertz CT molecular complexity index is 3390. The highest BCUT2D eigenvalue weighted by Gasteiger charge is 2.19. The van der Waals surface area contributed by atoms with Gasteiger partial charge in [0.1, 0.15) is 11.5 Å². The van der Waals surface area contributed by atoms with E-state index in [0.717, 1.165) is 50.3 Å². The number of benzene rings is 10. The maximum atomic E-state index is 7.11. The summed E-state index contributed by atoms with van der Waals surface area (Å²) in [7, 11) is 0. The number of hydrogen-bond acceptors (Lipinski definition) is 1. The van der Waals surface area contributed by atoms with Crippen LogP contribution in [-0.2, 0) is 0 Å². The van der Waals surface area contributed by atoms with Gasteiger partial charge < -0.3 is 13.9 Å². The summed E-state index contributed by atoms with van der Waals surface area (Å²) in [5, 5.41) is 12.2. The molecule has 0 fully saturated rings. The first-order valence-corrected chi connectivity index (χ1v) is 18.8. The number of aromatic nitrogens is 2. The van der Waals surface area contributed by atoms with Gasteiger partial charge >= 0.3 is 0 Å². The number of fused-ring (bicyclic) bond motifs is 6. The molecule has 0 aliphatic heterocycles. The molecule has 12 aromatic rings. The minimum atomic E-state index is 0.774. The maximum absolute atomic E-state index is 7.11. The van der Waals surface area contributed by atoms with Gasteiger partial charge in [0.15, 0.2) is 0 Å². The zero-order valence-corrected chi connectivity index (χ0v) is 29.8. The number of rotatable bonds is 5. The fraction of sp³-hybridized carbons (Fsp3) is 0. The molecular formula is C52H32N2O. The molecule has 3 heteroatoms. The van der Waals surface area contributed by atoms with E-state index >= 15 is 0 Å². The molecule has 2 heterocycles. The molecule has 55 heavy (non-hydrogen) atoms. The van der Waals surface area contributed by atoms with Crippen LogP contribution in [-0.4, -0.2) is 9.13 Å². The molecule has 0 spiro atoms. The maximum Gasteiger partial charge on any atom is 0.135 e. The zero-order valence-electron chi connectivity index (χ0n) is 29.8. The van der Waals surface area contributed by atoms with E-state index in [4.69, 9.17) is 4.74 Å². The molecule has 0 radical (unpaired) electrons. The van der Waals surface area contributed by atoms with E-state index in [-0.39, 0.29) is 0 Å². The van der Waals surface area contributed by atoms with E-state index in [1.165, 1.54) is 59.6 Å². The Morgan fingerprint density at radius 1 is 0.309 bits per heavy atom. The quantitative estimate of drug-likeness (QED) is 0.164. The van der Waals surface area contributed by atoms with Gasteiger partial charge in [0.2, 0.25) is 0 Å². The van der Waals surface area contributed by atoms with E-state index in [2.05, 4.69) is 203 Å². The number of para-hydroxylation sites is 3. The van der Waals surface area contributed by atoms with Crippen LogP contribution >= 0.6 is 0 Å². The second-order valence-corrected chi connectivity index (χ2v) is 14.5. The van der Waals surface area contributed by atoms with Crippen molar-refractivity contribution in [2.45, 2.75) is 0 Å². The van der Waals surface area contributed by atoms with Crippen molar-refractivity contribution in [2.75, 3.05) is 0 Å². The molecule has 3 nitrogen and oxygen atoms in total. The summed E-state index contributed by atoms with van der Waals surface area (Å²) in [6.07, 6.45) is 0. The summed E-state index contributed by atoms with van der Waals surface area (Å²) in [4.78, 5) is 0. The Labute approximate surface area is 316 Å². The zero-order chi connectivity index (χ0) is 36.0. The summed E-state index contributed by atoms with van der Waals surface area (Å²) < 4.78 is 11.9. The van der Waals surface area contributed by atoms with Crippen molar-refractivity contribution in [2.24, 2.45) is 0 Å². The van der Waals surface area contributed by atoms with Crippen LogP contribution in [0.25, 0.3) is 98.4 Å². The summed E-state index contributed by atoms with van der Waals surface area (Å²) in [5.74, 6) is 1.61. The van der Waals surface area contributed by atoms with Gasteiger partial charge in [-0.15, -0.1) is 0 Å². The van der Waals surface area contributed by atoms with Crippen LogP contribution in [0.3, 0.4) is 0 Å². The summed E-state index contributed by atoms with van der Waals surface area (Å²) in [6.45, 7) is 0. The molecular weight excluding hydrogens is 669 g/mol. The highest BCUT2D eigenvalue weighted by atomic mass is 16.5. The third kappa shape index (κ3) is 4.50. The van der Waals surface area contributed by atoms with Crippen molar-refractivity contribution in [3.8, 4) is 34.0 Å². The molecule has 0 saturated heterocycles. The highest BCUT2D eigenvalue weighted by molar-refractivity contribution is 6.24. The fourth-order valence-electron chi connectivity index (χ4n) is 9.07. The van der Waals surface area contributed by atoms with E-state index in [9.17, 15) is 0 Å². The molecule has 12 rings (SSSR count). The third-order valence-corrected chi connectivity index (χ3v) is 11.5. The average Bonchev–Trinajstić information content (AvgIpc) is 3.76. The molecule has 10 aromatic carbocycles. The van der Waals surface area contributed by atoms with Crippen LogP contribution in [0, 0.1) is 0 Å². The molecule has 0 bridgehead atoms. The lowest BCUT2D eigenvalue weighted by Crippen LogP contribution is -2.00. The third-order valence-electron chi connectivity index (χ3n) is 11.5. The number of hydrogen-bond donors (Lipinski definition) is 0. The first kappa shape index (κ1) is 30.1. The number of ether oxygens (including phenoxy) is 1. The molecule has 0 aliphatic rings. The molecule has 0 amide bonds. The van der Waals surface area contributed by atoms with Gasteiger partial charge in [-0.3, -0.25) is 0 Å². The lowest BCUT2D eigenvalue weighted by atomic mass is 9.94. The van der Waals surface area contributed by atoms with E-state index < -0.39 is 0 Å². The van der Waals surface area contributed by atoms with Gasteiger partial charge in [-0.05, 0) is 81.2 Å². The minimum absolute atomic E-state index is 0.774. The Balaban J connectivity index is 1.13. The topological polar surface area (TPSA) is 19.1 Å². The van der Waals surface area contributed by atoms with Crippen LogP contribution in [0.2, 0.25) is 0 Å². The first-order chi connectivity index (χ1) is 27.3. The van der Waals surface area contributed by atoms with Gasteiger partial charge in [-0.1, -0.05) is 133 Å². The van der Waals surface area contributed by atoms with Crippen LogP contribution in [0.15, 0.2) is 194 Å². The SMILES string of the molecule is c1ccc(-c2ccc3c(c2)c2ccccc2n3-c2cc(Oc3ccc4ccc5cccc6ccc3c4c56)cc(-n3c4ccccc4c4ccccc43)c2)cc1. The minimum Gasteiger partial charge on any atom is -0.457 e. The van der Waals surface area contributed by atoms with Crippen LogP contribution in [0.5, 0.6) is 11.5 Å². The Hall–Kier alpha value is -7.36. The van der Waals surface area contributed by atoms with Gasteiger partial charge in [0, 0.05) is 44.5 Å². The van der Waals surface area contributed by atoms with Gasteiger partial charge in [-0.2, -0.15) is 0 Å². The highest BCUT2D eigenvalue weighted by Crippen LogP contribution is 2.43. The lowest BCUT2D eigenvalue weighted by Gasteiger charge is -2.18. The molecule has 0 saturated carbocycles. The molecule has 2 aromatic heterocycles. The van der Waals surface area contributed by atoms with Gasteiger partial charge in [0.05, 0.1) is 33.4 Å². The largest absolute Gasteiger partial charge is 0.457 e. The molecule has 256 valence electrons. The Morgan fingerprint density at radius 2 is 0.836 bits per heavy atom. The first-order valence-electron chi connectivity index (χ1n) is 18.8. The lowest BCUT2D eigenvalue weighted by molar-refractivity contribution is 0.488.